The second kappa shape index (κ2) is 7.11. The van der Waals surface area contributed by atoms with Gasteiger partial charge in [-0.15, -0.1) is 11.3 Å². The van der Waals surface area contributed by atoms with Crippen molar-refractivity contribution >= 4 is 44.1 Å². The molecule has 2 heterocycles. The van der Waals surface area contributed by atoms with Gasteiger partial charge in [-0.2, -0.15) is 0 Å². The van der Waals surface area contributed by atoms with Crippen LogP contribution in [0.15, 0.2) is 21.2 Å². The Kier molecular flexibility index (Phi) is 5.10. The number of esters is 1. The van der Waals surface area contributed by atoms with Gasteiger partial charge >= 0.3 is 5.97 Å². The molecule has 1 aliphatic carbocycles. The Morgan fingerprint density at radius 1 is 1.46 bits per heavy atom. The van der Waals surface area contributed by atoms with Crippen molar-refractivity contribution in [3.63, 3.8) is 0 Å². The molecular weight excluding hydrogens is 394 g/mol. The van der Waals surface area contributed by atoms with E-state index in [1.54, 1.807) is 12.1 Å². The number of thiophene rings is 1. The molecule has 2 aromatic heterocycles. The van der Waals surface area contributed by atoms with Crippen molar-refractivity contribution in [2.24, 2.45) is 5.92 Å². The molecule has 0 saturated carbocycles. The second-order valence-corrected chi connectivity index (χ2v) is 7.66. The maximum Gasteiger partial charge on any atom is 0.341 e. The van der Waals surface area contributed by atoms with Crippen LogP contribution in [0.25, 0.3) is 0 Å². The van der Waals surface area contributed by atoms with E-state index in [1.165, 1.54) is 23.3 Å². The van der Waals surface area contributed by atoms with Gasteiger partial charge < -0.3 is 14.5 Å². The Morgan fingerprint density at radius 3 is 2.88 bits per heavy atom. The molecule has 1 N–H and O–H groups in total. The normalized spacial score (nSPS) is 16.5. The molecule has 0 bridgehead atoms. The van der Waals surface area contributed by atoms with E-state index >= 15 is 0 Å². The number of halogens is 1. The van der Waals surface area contributed by atoms with Gasteiger partial charge in [0.2, 0.25) is 0 Å². The lowest BCUT2D eigenvalue weighted by Gasteiger charge is -2.20. The largest absolute Gasteiger partial charge is 0.465 e. The third-order valence-corrected chi connectivity index (χ3v) is 5.95. The first-order valence-corrected chi connectivity index (χ1v) is 9.44. The van der Waals surface area contributed by atoms with Gasteiger partial charge in [-0.05, 0) is 58.8 Å². The molecule has 1 aliphatic rings. The molecule has 24 heavy (non-hydrogen) atoms. The minimum absolute atomic E-state index is 0.190. The van der Waals surface area contributed by atoms with Gasteiger partial charge in [0.15, 0.2) is 10.4 Å². The second-order valence-electron chi connectivity index (χ2n) is 5.77. The Labute approximate surface area is 152 Å². The lowest BCUT2D eigenvalue weighted by molar-refractivity contribution is 0.0601. The first-order valence-electron chi connectivity index (χ1n) is 7.83. The maximum atomic E-state index is 12.4. The molecular formula is C17H18BrNO4S. The minimum atomic E-state index is -0.404. The number of methoxy groups -OCH3 is 1. The van der Waals surface area contributed by atoms with Crippen molar-refractivity contribution in [1.29, 1.82) is 0 Å². The zero-order chi connectivity index (χ0) is 17.3. The van der Waals surface area contributed by atoms with Gasteiger partial charge in [-0.3, -0.25) is 4.79 Å². The van der Waals surface area contributed by atoms with Gasteiger partial charge in [0.1, 0.15) is 5.00 Å². The molecule has 0 fully saturated rings. The number of anilines is 1. The Bertz CT molecular complexity index is 780. The van der Waals surface area contributed by atoms with Gasteiger partial charge in [-0.25, -0.2) is 4.79 Å². The van der Waals surface area contributed by atoms with Gasteiger partial charge in [0.25, 0.3) is 5.91 Å². The predicted molar refractivity (Wildman–Crippen MR) is 95.8 cm³/mol. The Morgan fingerprint density at radius 2 is 2.25 bits per heavy atom. The van der Waals surface area contributed by atoms with Crippen LogP contribution < -0.4 is 5.32 Å². The molecule has 7 heteroatoms. The molecule has 0 spiro atoms. The lowest BCUT2D eigenvalue weighted by atomic mass is 9.86. The molecule has 5 nitrogen and oxygen atoms in total. The van der Waals surface area contributed by atoms with E-state index in [4.69, 9.17) is 9.15 Å². The number of carbonyl (C=O) groups excluding carboxylic acids is 2. The molecule has 1 atom stereocenters. The number of hydrogen-bond acceptors (Lipinski definition) is 5. The highest BCUT2D eigenvalue weighted by molar-refractivity contribution is 9.10. The highest BCUT2D eigenvalue weighted by Gasteiger charge is 2.30. The number of rotatable bonds is 4. The molecule has 3 rings (SSSR count). The molecule has 0 aromatic carbocycles. The van der Waals surface area contributed by atoms with Crippen LogP contribution in [0.5, 0.6) is 0 Å². The maximum absolute atomic E-state index is 12.4. The summed E-state index contributed by atoms with van der Waals surface area (Å²) in [5, 5.41) is 3.35. The quantitative estimate of drug-likeness (QED) is 0.742. The zero-order valence-electron chi connectivity index (χ0n) is 13.5. The topological polar surface area (TPSA) is 68.5 Å². The zero-order valence-corrected chi connectivity index (χ0v) is 15.9. The number of fused-ring (bicyclic) bond motifs is 1. The molecule has 1 amide bonds. The average Bonchev–Trinajstić information content (AvgIpc) is 3.16. The fourth-order valence-electron chi connectivity index (χ4n) is 3.01. The third kappa shape index (κ3) is 3.28. The summed E-state index contributed by atoms with van der Waals surface area (Å²) < 4.78 is 10.7. The van der Waals surface area contributed by atoms with Crippen LogP contribution in [-0.4, -0.2) is 19.0 Å². The van der Waals surface area contributed by atoms with Crippen molar-refractivity contribution in [3.05, 3.63) is 38.6 Å². The van der Waals surface area contributed by atoms with Gasteiger partial charge in [0, 0.05) is 4.88 Å². The first kappa shape index (κ1) is 17.2. The highest BCUT2D eigenvalue weighted by atomic mass is 79.9. The third-order valence-electron chi connectivity index (χ3n) is 4.36. The first-order chi connectivity index (χ1) is 11.5. The van der Waals surface area contributed by atoms with E-state index in [1.807, 2.05) is 0 Å². The van der Waals surface area contributed by atoms with Crippen LogP contribution in [0.4, 0.5) is 5.00 Å². The average molecular weight is 412 g/mol. The van der Waals surface area contributed by atoms with Crippen LogP contribution in [0.3, 0.4) is 0 Å². The van der Waals surface area contributed by atoms with Gasteiger partial charge in [-0.1, -0.05) is 13.3 Å². The number of furan rings is 1. The van der Waals surface area contributed by atoms with Crippen molar-refractivity contribution in [2.45, 2.75) is 32.6 Å². The van der Waals surface area contributed by atoms with Crippen LogP contribution >= 0.6 is 27.3 Å². The van der Waals surface area contributed by atoms with E-state index in [-0.39, 0.29) is 11.7 Å². The molecule has 128 valence electrons. The fraction of sp³-hybridized carbons (Fsp3) is 0.412. The lowest BCUT2D eigenvalue weighted by Crippen LogP contribution is -2.16. The smallest absolute Gasteiger partial charge is 0.341 e. The van der Waals surface area contributed by atoms with Crippen molar-refractivity contribution < 1.29 is 18.7 Å². The standard InChI is InChI=1S/C17H18BrNO4S/c1-3-9-4-5-10-12(8-9)24-16(14(10)17(21)22-2)19-15(20)11-6-7-13(18)23-11/h6-7,9H,3-5,8H2,1-2H3,(H,19,20)/t9-/m0/s1. The summed E-state index contributed by atoms with van der Waals surface area (Å²) in [5.41, 5.74) is 1.51. The van der Waals surface area contributed by atoms with E-state index in [0.717, 1.165) is 31.2 Å². The molecule has 2 aromatic rings. The summed E-state index contributed by atoms with van der Waals surface area (Å²) in [6.07, 6.45) is 3.97. The molecule has 0 unspecified atom stereocenters. The summed E-state index contributed by atoms with van der Waals surface area (Å²) in [7, 11) is 1.36. The fourth-order valence-corrected chi connectivity index (χ4v) is 4.66. The summed E-state index contributed by atoms with van der Waals surface area (Å²) >= 11 is 4.65. The van der Waals surface area contributed by atoms with E-state index in [2.05, 4.69) is 28.2 Å². The van der Waals surface area contributed by atoms with Crippen molar-refractivity contribution in [1.82, 2.24) is 0 Å². The van der Waals surface area contributed by atoms with Gasteiger partial charge in [0.05, 0.1) is 12.7 Å². The van der Waals surface area contributed by atoms with Crippen LogP contribution in [-0.2, 0) is 17.6 Å². The summed E-state index contributed by atoms with van der Waals surface area (Å²) in [4.78, 5) is 25.8. The van der Waals surface area contributed by atoms with Crippen LogP contribution in [0.1, 0.15) is 51.1 Å². The van der Waals surface area contributed by atoms with Crippen molar-refractivity contribution in [2.75, 3.05) is 12.4 Å². The minimum Gasteiger partial charge on any atom is -0.465 e. The van der Waals surface area contributed by atoms with Crippen LogP contribution in [0, 0.1) is 5.92 Å². The number of amides is 1. The van der Waals surface area contributed by atoms with E-state index in [0.29, 0.717) is 21.2 Å². The Balaban J connectivity index is 1.93. The van der Waals surface area contributed by atoms with E-state index < -0.39 is 5.97 Å². The number of hydrogen-bond donors (Lipinski definition) is 1. The predicted octanol–water partition coefficient (Wildman–Crippen LogP) is 4.66. The van der Waals surface area contributed by atoms with E-state index in [9.17, 15) is 9.59 Å². The monoisotopic (exact) mass is 411 g/mol. The molecule has 0 aliphatic heterocycles. The molecule has 0 saturated heterocycles. The number of carbonyl (C=O) groups is 2. The van der Waals surface area contributed by atoms with Crippen molar-refractivity contribution in [3.8, 4) is 0 Å². The summed E-state index contributed by atoms with van der Waals surface area (Å²) in [6, 6.07) is 3.24. The summed E-state index contributed by atoms with van der Waals surface area (Å²) in [5.74, 6) is 0.0385. The van der Waals surface area contributed by atoms with Crippen LogP contribution in [0.2, 0.25) is 0 Å². The summed E-state index contributed by atoms with van der Waals surface area (Å²) in [6.45, 7) is 2.18. The SMILES string of the molecule is CC[C@H]1CCc2c(sc(NC(=O)c3ccc(Br)o3)c2C(=O)OC)C1. The Hall–Kier alpha value is -1.60. The molecule has 0 radical (unpaired) electrons. The highest BCUT2D eigenvalue weighted by Crippen LogP contribution is 2.41. The number of nitrogens with one attached hydrogen (secondary N) is 1. The number of ether oxygens (including phenoxy) is 1.